The van der Waals surface area contributed by atoms with Crippen LogP contribution in [0, 0.1) is 5.92 Å². The van der Waals surface area contributed by atoms with Crippen molar-refractivity contribution in [1.82, 2.24) is 14.7 Å². The monoisotopic (exact) mass is 393 g/mol. The zero-order valence-electron chi connectivity index (χ0n) is 14.6. The molecule has 1 fully saturated rings. The Morgan fingerprint density at radius 1 is 1.35 bits per heavy atom. The number of likely N-dealkylation sites (tertiary alicyclic amines) is 1. The maximum absolute atomic E-state index is 13.3. The highest BCUT2D eigenvalue weighted by atomic mass is 35.5. The fourth-order valence-corrected chi connectivity index (χ4v) is 5.49. The van der Waals surface area contributed by atoms with Gasteiger partial charge in [-0.25, -0.2) is 18.1 Å². The van der Waals surface area contributed by atoms with Crippen LogP contribution in [0.5, 0.6) is 0 Å². The van der Waals surface area contributed by atoms with Gasteiger partial charge in [-0.15, -0.1) is 0 Å². The van der Waals surface area contributed by atoms with Gasteiger partial charge in [0.25, 0.3) is 0 Å². The van der Waals surface area contributed by atoms with Gasteiger partial charge in [0, 0.05) is 30.7 Å². The lowest BCUT2D eigenvalue weighted by Crippen LogP contribution is -2.41. The molecule has 26 heavy (non-hydrogen) atoms. The molecule has 2 aliphatic rings. The number of hydrogen-bond acceptors (Lipinski definition) is 6. The molecule has 2 aliphatic heterocycles. The van der Waals surface area contributed by atoms with Gasteiger partial charge in [0.2, 0.25) is 9.84 Å². The van der Waals surface area contributed by atoms with Crippen molar-refractivity contribution in [2.45, 2.75) is 22.3 Å². The number of aromatic nitrogens is 2. The molecular weight excluding hydrogens is 374 g/mol. The largest absolute Gasteiger partial charge is 0.371 e. The Bertz CT molecular complexity index is 985. The van der Waals surface area contributed by atoms with Gasteiger partial charge in [-0.05, 0) is 38.2 Å². The third-order valence-corrected chi connectivity index (χ3v) is 7.00. The summed E-state index contributed by atoms with van der Waals surface area (Å²) in [6, 6.07) is 6.38. The number of benzene rings is 1. The number of aliphatic imine (C=N–C) groups is 1. The fraction of sp³-hybridized carbons (Fsp3) is 0.412. The molecule has 0 radical (unpaired) electrons. The molecule has 0 aliphatic carbocycles. The third kappa shape index (κ3) is 2.72. The van der Waals surface area contributed by atoms with E-state index in [1.807, 2.05) is 6.21 Å². The average Bonchev–Trinajstić information content (AvgIpc) is 3.01. The molecule has 0 amide bonds. The highest BCUT2D eigenvalue weighted by molar-refractivity contribution is 7.91. The molecule has 7 nitrogen and oxygen atoms in total. The summed E-state index contributed by atoms with van der Waals surface area (Å²) in [5.41, 5.74) is 0. The second kappa shape index (κ2) is 6.37. The molecule has 0 saturated carbocycles. The van der Waals surface area contributed by atoms with Crippen molar-refractivity contribution in [1.29, 1.82) is 0 Å². The first-order valence-corrected chi connectivity index (χ1v) is 10.3. The van der Waals surface area contributed by atoms with Crippen LogP contribution in [-0.2, 0) is 9.84 Å². The lowest BCUT2D eigenvalue weighted by atomic mass is 9.92. The summed E-state index contributed by atoms with van der Waals surface area (Å²) in [6.07, 6.45) is 2.77. The molecule has 2 unspecified atom stereocenters. The van der Waals surface area contributed by atoms with Gasteiger partial charge >= 0.3 is 0 Å². The van der Waals surface area contributed by atoms with Gasteiger partial charge in [0.1, 0.15) is 0 Å². The zero-order chi connectivity index (χ0) is 18.5. The summed E-state index contributed by atoms with van der Waals surface area (Å²) in [6.45, 7) is 1.83. The predicted molar refractivity (Wildman–Crippen MR) is 101 cm³/mol. The Hall–Kier alpha value is -1.90. The molecule has 3 heterocycles. The molecule has 4 rings (SSSR count). The summed E-state index contributed by atoms with van der Waals surface area (Å²) >= 11 is 6.00. The Morgan fingerprint density at radius 3 is 2.88 bits per heavy atom. The van der Waals surface area contributed by atoms with Crippen molar-refractivity contribution >= 4 is 39.3 Å². The molecular formula is C17H20ClN5O2S. The zero-order valence-corrected chi connectivity index (χ0v) is 16.1. The highest BCUT2D eigenvalue weighted by Crippen LogP contribution is 2.42. The van der Waals surface area contributed by atoms with Crippen molar-refractivity contribution in [3.05, 3.63) is 29.3 Å². The van der Waals surface area contributed by atoms with Crippen molar-refractivity contribution < 1.29 is 8.42 Å². The summed E-state index contributed by atoms with van der Waals surface area (Å²) in [5.74, 6) is 0.935. The maximum atomic E-state index is 13.3. The molecule has 1 aromatic carbocycles. The molecule has 1 saturated heterocycles. The average molecular weight is 394 g/mol. The van der Waals surface area contributed by atoms with Gasteiger partial charge in [0.15, 0.2) is 16.5 Å². The number of sulfone groups is 1. The number of hydrogen-bond donors (Lipinski definition) is 1. The number of nitrogens with one attached hydrogen (secondary N) is 1. The van der Waals surface area contributed by atoms with E-state index in [0.29, 0.717) is 16.7 Å². The van der Waals surface area contributed by atoms with Crippen molar-refractivity contribution in [3.8, 4) is 0 Å². The van der Waals surface area contributed by atoms with Gasteiger partial charge in [-0.3, -0.25) is 0 Å². The molecule has 138 valence electrons. The number of anilines is 1. The fourth-order valence-electron chi connectivity index (χ4n) is 3.68. The summed E-state index contributed by atoms with van der Waals surface area (Å²) in [4.78, 5) is 6.99. The van der Waals surface area contributed by atoms with E-state index < -0.39 is 9.84 Å². The molecule has 2 aromatic rings. The van der Waals surface area contributed by atoms with Crippen LogP contribution in [0.25, 0.3) is 0 Å². The Labute approximate surface area is 157 Å². The number of halogens is 1. The summed E-state index contributed by atoms with van der Waals surface area (Å²) in [5, 5.41) is 7.85. The van der Waals surface area contributed by atoms with Crippen LogP contribution in [0.15, 0.2) is 39.0 Å². The van der Waals surface area contributed by atoms with E-state index in [2.05, 4.69) is 27.4 Å². The smallest absolute Gasteiger partial charge is 0.214 e. The highest BCUT2D eigenvalue weighted by Gasteiger charge is 2.38. The lowest BCUT2D eigenvalue weighted by Gasteiger charge is -2.36. The van der Waals surface area contributed by atoms with Crippen LogP contribution < -0.4 is 5.32 Å². The number of fused-ring (bicyclic) bond motifs is 3. The van der Waals surface area contributed by atoms with E-state index in [1.165, 1.54) is 12.1 Å². The van der Waals surface area contributed by atoms with Crippen LogP contribution in [0.1, 0.15) is 12.5 Å². The maximum Gasteiger partial charge on any atom is 0.214 e. The topological polar surface area (TPSA) is 79.6 Å². The van der Waals surface area contributed by atoms with Crippen LogP contribution >= 0.6 is 11.6 Å². The third-order valence-electron chi connectivity index (χ3n) is 4.98. The van der Waals surface area contributed by atoms with Crippen LogP contribution in [0.2, 0.25) is 5.02 Å². The second-order valence-electron chi connectivity index (χ2n) is 6.72. The molecule has 2 atom stereocenters. The van der Waals surface area contributed by atoms with Crippen LogP contribution in [0.3, 0.4) is 0 Å². The van der Waals surface area contributed by atoms with E-state index >= 15 is 0 Å². The Morgan fingerprint density at radius 2 is 2.15 bits per heavy atom. The van der Waals surface area contributed by atoms with Crippen molar-refractivity contribution in [3.63, 3.8) is 0 Å². The number of piperidine rings is 1. The number of nitrogens with zero attached hydrogens (tertiary/aromatic N) is 4. The minimum atomic E-state index is -3.81. The first-order chi connectivity index (χ1) is 12.4. The van der Waals surface area contributed by atoms with E-state index in [4.69, 9.17) is 11.6 Å². The quantitative estimate of drug-likeness (QED) is 0.867. The van der Waals surface area contributed by atoms with Gasteiger partial charge in [-0.2, -0.15) is 5.10 Å². The van der Waals surface area contributed by atoms with Crippen molar-refractivity contribution in [2.75, 3.05) is 32.5 Å². The molecule has 9 heteroatoms. The summed E-state index contributed by atoms with van der Waals surface area (Å²) < 4.78 is 28.3. The number of rotatable bonds is 3. The Balaban J connectivity index is 1.87. The first kappa shape index (κ1) is 17.5. The molecule has 1 N–H and O–H groups in total. The normalized spacial score (nSPS) is 22.7. The summed E-state index contributed by atoms with van der Waals surface area (Å²) in [7, 11) is -0.0575. The second-order valence-corrected chi connectivity index (χ2v) is 9.04. The molecule has 1 aromatic heterocycles. The van der Waals surface area contributed by atoms with Crippen LogP contribution in [-0.4, -0.2) is 56.5 Å². The van der Waals surface area contributed by atoms with Gasteiger partial charge in [0.05, 0.1) is 10.9 Å². The lowest BCUT2D eigenvalue weighted by molar-refractivity contribution is 0.178. The van der Waals surface area contributed by atoms with Crippen LogP contribution in [0.4, 0.5) is 11.6 Å². The first-order valence-electron chi connectivity index (χ1n) is 8.45. The molecule has 0 spiro atoms. The van der Waals surface area contributed by atoms with Gasteiger partial charge < -0.3 is 10.2 Å². The predicted octanol–water partition coefficient (Wildman–Crippen LogP) is 2.62. The van der Waals surface area contributed by atoms with E-state index in [-0.39, 0.29) is 21.8 Å². The van der Waals surface area contributed by atoms with E-state index in [9.17, 15) is 8.42 Å². The minimum absolute atomic E-state index is 0.107. The van der Waals surface area contributed by atoms with E-state index in [1.54, 1.807) is 23.9 Å². The standard InChI is InChI=1S/C17H20ClN5O2S/c1-19-16-15(26(24,25)13-5-3-4-12(18)8-13)17-20-9-11-10-22(2)7-6-14(11)23(17)21-16/h3-5,8-9,11,14H,6-7,10H2,1-2H3,(H,19,21). The van der Waals surface area contributed by atoms with E-state index in [0.717, 1.165) is 19.5 Å². The molecule has 0 bridgehead atoms. The van der Waals surface area contributed by atoms with Gasteiger partial charge in [-0.1, -0.05) is 17.7 Å². The van der Waals surface area contributed by atoms with Crippen molar-refractivity contribution in [2.24, 2.45) is 10.9 Å². The SMILES string of the molecule is CNc1nn2c(c1S(=O)(=O)c1cccc(Cl)c1)N=CC1CN(C)CCC12. The minimum Gasteiger partial charge on any atom is -0.371 e. The Kier molecular flexibility index (Phi) is 4.29.